The van der Waals surface area contributed by atoms with Crippen LogP contribution in [0.25, 0.3) is 0 Å². The smallest absolute Gasteiger partial charge is 0.136 e. The molecule has 6 heteroatoms. The molecule has 1 aromatic heterocycles. The van der Waals surface area contributed by atoms with E-state index in [1.165, 1.54) is 0 Å². The quantitative estimate of drug-likeness (QED) is 0.802. The summed E-state index contributed by atoms with van der Waals surface area (Å²) in [7, 11) is 0. The van der Waals surface area contributed by atoms with Crippen molar-refractivity contribution < 1.29 is 9.66 Å². The van der Waals surface area contributed by atoms with Crippen LogP contribution in [0.3, 0.4) is 0 Å². The molecule has 1 aromatic rings. The molecule has 0 aliphatic carbocycles. The summed E-state index contributed by atoms with van der Waals surface area (Å²) in [6.45, 7) is 7.67. The van der Waals surface area contributed by atoms with Crippen LogP contribution < -0.4 is 4.72 Å². The number of hydrogen-bond acceptors (Lipinski definition) is 4. The van der Waals surface area contributed by atoms with Gasteiger partial charge in [0.2, 0.25) is 0 Å². The van der Waals surface area contributed by atoms with E-state index in [1.807, 2.05) is 33.8 Å². The lowest BCUT2D eigenvalue weighted by Gasteiger charge is -2.34. The van der Waals surface area contributed by atoms with Gasteiger partial charge in [0.05, 0.1) is 5.54 Å². The average Bonchev–Trinajstić information content (AvgIpc) is 2.28. The molecule has 108 valence electrons. The molecule has 0 saturated carbocycles. The fourth-order valence-corrected chi connectivity index (χ4v) is 2.85. The summed E-state index contributed by atoms with van der Waals surface area (Å²) in [5.41, 5.74) is 0.317. The third kappa shape index (κ3) is 4.72. The van der Waals surface area contributed by atoms with Crippen LogP contribution in [0.4, 0.5) is 0 Å². The summed E-state index contributed by atoms with van der Waals surface area (Å²) in [4.78, 5) is 4.13. The third-order valence-corrected chi connectivity index (χ3v) is 5.01. The third-order valence-electron chi connectivity index (χ3n) is 2.83. The monoisotopic (exact) mass is 348 g/mol. The van der Waals surface area contributed by atoms with Crippen LogP contribution in [0.15, 0.2) is 22.9 Å². The number of aliphatic hydroxyl groups excluding tert-OH is 1. The van der Waals surface area contributed by atoms with E-state index < -0.39 is 16.9 Å². The molecule has 0 aliphatic rings. The van der Waals surface area contributed by atoms with Crippen LogP contribution >= 0.6 is 15.9 Å². The van der Waals surface area contributed by atoms with E-state index in [-0.39, 0.29) is 11.4 Å². The number of aliphatic hydroxyl groups is 1. The van der Waals surface area contributed by atoms with Crippen LogP contribution in [0.5, 0.6) is 0 Å². The van der Waals surface area contributed by atoms with Gasteiger partial charge in [-0.05, 0) is 61.7 Å². The first-order chi connectivity index (χ1) is 8.69. The van der Waals surface area contributed by atoms with Gasteiger partial charge in [0.1, 0.15) is 4.75 Å². The van der Waals surface area contributed by atoms with Gasteiger partial charge in [0.25, 0.3) is 0 Å². The predicted octanol–water partition coefficient (Wildman–Crippen LogP) is 2.49. The van der Waals surface area contributed by atoms with Crippen molar-refractivity contribution in [3.8, 4) is 0 Å². The Morgan fingerprint density at radius 3 is 2.47 bits per heavy atom. The molecule has 2 N–H and O–H groups in total. The summed E-state index contributed by atoms with van der Waals surface area (Å²) in [5.74, 6) is 0. The molecule has 19 heavy (non-hydrogen) atoms. The molecule has 1 heterocycles. The second-order valence-corrected chi connectivity index (χ2v) is 8.56. The van der Waals surface area contributed by atoms with Crippen molar-refractivity contribution in [3.05, 3.63) is 28.5 Å². The molecule has 0 spiro atoms. The molecule has 1 rings (SSSR count). The fourth-order valence-electron chi connectivity index (χ4n) is 1.55. The zero-order valence-electron chi connectivity index (χ0n) is 11.7. The Hall–Kier alpha value is -0.140. The normalized spacial score (nSPS) is 17.0. The summed E-state index contributed by atoms with van der Waals surface area (Å²) in [6.07, 6.45) is 3.89. The van der Waals surface area contributed by atoms with Crippen LogP contribution in [0.1, 0.15) is 39.7 Å². The lowest BCUT2D eigenvalue weighted by molar-refractivity contribution is 0.236. The molecular weight excluding hydrogens is 328 g/mol. The first-order valence-corrected chi connectivity index (χ1v) is 8.05. The molecule has 0 bridgehead atoms. The van der Waals surface area contributed by atoms with Crippen LogP contribution in [-0.2, 0) is 16.9 Å². The van der Waals surface area contributed by atoms with Gasteiger partial charge in [0.15, 0.2) is 0 Å². The Labute approximate surface area is 126 Å². The number of halogens is 1. The zero-order valence-corrected chi connectivity index (χ0v) is 14.1. The zero-order chi connectivity index (χ0) is 14.7. The van der Waals surface area contributed by atoms with Crippen LogP contribution in [0.2, 0.25) is 0 Å². The fraction of sp³-hybridized carbons (Fsp3) is 0.615. The van der Waals surface area contributed by atoms with Gasteiger partial charge in [-0.25, -0.2) is 0 Å². The topological polar surface area (TPSA) is 68.2 Å². The molecule has 0 aliphatic heterocycles. The van der Waals surface area contributed by atoms with E-state index in [2.05, 4.69) is 25.6 Å². The van der Waals surface area contributed by atoms with Gasteiger partial charge in [0, 0.05) is 34.8 Å². The number of pyridine rings is 1. The molecule has 1 unspecified atom stereocenters. The van der Waals surface area contributed by atoms with Crippen LogP contribution in [-0.4, -0.2) is 26.0 Å². The summed E-state index contributed by atoms with van der Waals surface area (Å²) in [6, 6.07) is 1.93. The number of nitrogens with zero attached hydrogens (tertiary/aromatic N) is 1. The van der Waals surface area contributed by atoms with E-state index in [9.17, 15) is 9.66 Å². The van der Waals surface area contributed by atoms with E-state index in [1.54, 1.807) is 12.4 Å². The number of rotatable bonds is 5. The van der Waals surface area contributed by atoms with E-state index in [4.69, 9.17) is 0 Å². The highest BCUT2D eigenvalue weighted by Crippen LogP contribution is 2.29. The SMILES string of the molecule is CC(C)(C)[S+]([O-])N[C@@](C)(CCO)c1cncc(Br)c1. The minimum absolute atomic E-state index is 0.0113. The van der Waals surface area contributed by atoms with E-state index in [0.29, 0.717) is 6.42 Å². The summed E-state index contributed by atoms with van der Waals surface area (Å²) < 4.78 is 15.9. The maximum Gasteiger partial charge on any atom is 0.136 e. The molecule has 0 radical (unpaired) electrons. The highest BCUT2D eigenvalue weighted by atomic mass is 79.9. The van der Waals surface area contributed by atoms with Crippen molar-refractivity contribution in [2.45, 2.75) is 44.4 Å². The van der Waals surface area contributed by atoms with Crippen molar-refractivity contribution in [2.24, 2.45) is 0 Å². The Balaban J connectivity index is 3.03. The van der Waals surface area contributed by atoms with Crippen molar-refractivity contribution >= 4 is 27.3 Å². The van der Waals surface area contributed by atoms with Crippen LogP contribution in [0, 0.1) is 0 Å². The Morgan fingerprint density at radius 1 is 1.37 bits per heavy atom. The summed E-state index contributed by atoms with van der Waals surface area (Å²) >= 11 is 2.16. The maximum atomic E-state index is 12.3. The highest BCUT2D eigenvalue weighted by Gasteiger charge is 2.37. The van der Waals surface area contributed by atoms with Crippen molar-refractivity contribution in [3.63, 3.8) is 0 Å². The average molecular weight is 349 g/mol. The van der Waals surface area contributed by atoms with Gasteiger partial charge >= 0.3 is 0 Å². The van der Waals surface area contributed by atoms with Crippen molar-refractivity contribution in [2.75, 3.05) is 6.61 Å². The van der Waals surface area contributed by atoms with E-state index >= 15 is 0 Å². The molecule has 0 fully saturated rings. The van der Waals surface area contributed by atoms with Gasteiger partial charge < -0.3 is 9.66 Å². The number of hydrogen-bond donors (Lipinski definition) is 2. The first-order valence-electron chi connectivity index (χ1n) is 6.10. The Kier molecular flexibility index (Phi) is 5.82. The second-order valence-electron chi connectivity index (χ2n) is 5.68. The van der Waals surface area contributed by atoms with Gasteiger partial charge in [-0.2, -0.15) is 0 Å². The van der Waals surface area contributed by atoms with Gasteiger partial charge in [-0.15, -0.1) is 4.72 Å². The predicted molar refractivity (Wildman–Crippen MR) is 82.0 cm³/mol. The number of nitrogens with one attached hydrogen (secondary N) is 1. The van der Waals surface area contributed by atoms with Gasteiger partial charge in [-0.1, -0.05) is 0 Å². The second kappa shape index (κ2) is 6.54. The number of aromatic nitrogens is 1. The minimum atomic E-state index is -1.22. The molecule has 0 saturated heterocycles. The molecule has 0 aromatic carbocycles. The maximum absolute atomic E-state index is 12.3. The van der Waals surface area contributed by atoms with Crippen molar-refractivity contribution in [1.29, 1.82) is 0 Å². The van der Waals surface area contributed by atoms with E-state index in [0.717, 1.165) is 10.0 Å². The Bertz CT molecular complexity index is 425. The lowest BCUT2D eigenvalue weighted by atomic mass is 9.91. The van der Waals surface area contributed by atoms with Crippen molar-refractivity contribution in [1.82, 2.24) is 9.71 Å². The largest absolute Gasteiger partial charge is 0.598 e. The minimum Gasteiger partial charge on any atom is -0.598 e. The Morgan fingerprint density at radius 2 is 2.00 bits per heavy atom. The molecule has 0 amide bonds. The first kappa shape index (κ1) is 16.9. The summed E-state index contributed by atoms with van der Waals surface area (Å²) in [5, 5.41) is 9.28. The molecular formula is C13H21BrN2O2S. The molecule has 4 nitrogen and oxygen atoms in total. The highest BCUT2D eigenvalue weighted by molar-refractivity contribution is 9.10. The lowest BCUT2D eigenvalue weighted by Crippen LogP contribution is -2.50. The standard InChI is InChI=1S/C13H21BrN2O2S/c1-12(2,3)19(18)16-13(4,5-6-17)10-7-11(14)9-15-8-10/h7-9,16-17H,5-6H2,1-4H3/t13-,19?/m0/s1. The van der Waals surface area contributed by atoms with Gasteiger partial charge in [-0.3, -0.25) is 4.98 Å². The molecule has 2 atom stereocenters.